The summed E-state index contributed by atoms with van der Waals surface area (Å²) >= 11 is 0. The Bertz CT molecular complexity index is 513. The van der Waals surface area contributed by atoms with Gasteiger partial charge in [0.25, 0.3) is 0 Å². The van der Waals surface area contributed by atoms with Crippen LogP contribution in [0, 0.1) is 0 Å². The molecule has 0 saturated heterocycles. The lowest BCUT2D eigenvalue weighted by Gasteiger charge is -2.37. The van der Waals surface area contributed by atoms with E-state index in [2.05, 4.69) is 74.5 Å². The topological polar surface area (TPSA) is 57.5 Å². The minimum atomic E-state index is -0.132. The Hall–Kier alpha value is -1.64. The van der Waals surface area contributed by atoms with Gasteiger partial charge in [-0.3, -0.25) is 0 Å². The van der Waals surface area contributed by atoms with Gasteiger partial charge in [0.2, 0.25) is 0 Å². The summed E-state index contributed by atoms with van der Waals surface area (Å²) in [6, 6.07) is 21.6. The Labute approximate surface area is 147 Å². The maximum atomic E-state index is 6.73. The molecule has 0 aliphatic carbocycles. The summed E-state index contributed by atoms with van der Waals surface area (Å²) in [4.78, 5) is 0. The van der Waals surface area contributed by atoms with Crippen LogP contribution in [-0.2, 0) is 5.41 Å². The van der Waals surface area contributed by atoms with Crippen LogP contribution in [0.2, 0.25) is 0 Å². The zero-order valence-corrected chi connectivity index (χ0v) is 15.2. The normalized spacial score (nSPS) is 12.5. The summed E-state index contributed by atoms with van der Waals surface area (Å²) in [6.45, 7) is 4.56. The summed E-state index contributed by atoms with van der Waals surface area (Å²) in [6.07, 6.45) is 7.54. The van der Waals surface area contributed by atoms with Gasteiger partial charge in [0.05, 0.1) is 0 Å². The fraction of sp³-hybridized carbons (Fsp3) is 0.455. The maximum absolute atomic E-state index is 6.73. The van der Waals surface area contributed by atoms with Crippen LogP contribution in [0.1, 0.15) is 63.5 Å². The van der Waals surface area contributed by atoms with Crippen LogP contribution in [-0.4, -0.2) is 11.5 Å². The van der Waals surface area contributed by atoms with E-state index in [-0.39, 0.29) is 16.9 Å². The van der Waals surface area contributed by atoms with Gasteiger partial charge in [-0.1, -0.05) is 99.7 Å². The van der Waals surface area contributed by atoms with E-state index < -0.39 is 0 Å². The fourth-order valence-corrected chi connectivity index (χ4v) is 3.42. The molecule has 1 atom stereocenters. The standard InChI is InChI=1S/C22H31N.H2O/c1-3-4-5-6-13-18-21(23)22(2,19-14-9-7-10-15-19)20-16-11-8-12-17-20;/h7-12,14-17,21H,3-6,13,18,23H2,1-2H3;1H2. The molecule has 1 unspecified atom stereocenters. The van der Waals surface area contributed by atoms with E-state index in [1.54, 1.807) is 0 Å². The first-order valence-corrected chi connectivity index (χ1v) is 9.06. The highest BCUT2D eigenvalue weighted by Gasteiger charge is 2.34. The summed E-state index contributed by atoms with van der Waals surface area (Å²) in [5.41, 5.74) is 9.22. The van der Waals surface area contributed by atoms with Crippen LogP contribution in [0.5, 0.6) is 0 Å². The molecule has 2 rings (SSSR count). The Morgan fingerprint density at radius 3 is 1.71 bits per heavy atom. The molecule has 2 heteroatoms. The zero-order chi connectivity index (χ0) is 16.5. The Morgan fingerprint density at radius 1 is 0.792 bits per heavy atom. The van der Waals surface area contributed by atoms with Gasteiger partial charge in [-0.2, -0.15) is 0 Å². The highest BCUT2D eigenvalue weighted by Crippen LogP contribution is 2.36. The predicted octanol–water partition coefficient (Wildman–Crippen LogP) is 4.86. The van der Waals surface area contributed by atoms with Crippen molar-refractivity contribution in [1.29, 1.82) is 0 Å². The monoisotopic (exact) mass is 327 g/mol. The third-order valence-electron chi connectivity index (χ3n) is 5.11. The molecule has 0 fully saturated rings. The molecule has 0 spiro atoms. The summed E-state index contributed by atoms with van der Waals surface area (Å²) in [5.74, 6) is 0. The quantitative estimate of drug-likeness (QED) is 0.657. The van der Waals surface area contributed by atoms with Gasteiger partial charge < -0.3 is 11.2 Å². The molecule has 0 aliphatic rings. The number of hydrogen-bond acceptors (Lipinski definition) is 1. The molecule has 2 nitrogen and oxygen atoms in total. The number of nitrogens with two attached hydrogens (primary N) is 1. The van der Waals surface area contributed by atoms with Crippen molar-refractivity contribution in [2.75, 3.05) is 0 Å². The first-order chi connectivity index (χ1) is 11.2. The molecule has 0 heterocycles. The molecule has 4 N–H and O–H groups in total. The predicted molar refractivity (Wildman–Crippen MR) is 104 cm³/mol. The molecular formula is C22H33NO. The molecule has 24 heavy (non-hydrogen) atoms. The van der Waals surface area contributed by atoms with Crippen molar-refractivity contribution in [2.24, 2.45) is 5.73 Å². The SMILES string of the molecule is CCCCCCCC(N)C(C)(c1ccccc1)c1ccccc1.O. The van der Waals surface area contributed by atoms with Gasteiger partial charge in [0.1, 0.15) is 0 Å². The molecular weight excluding hydrogens is 294 g/mol. The van der Waals surface area contributed by atoms with Crippen molar-refractivity contribution in [2.45, 2.75) is 63.8 Å². The van der Waals surface area contributed by atoms with E-state index in [1.807, 2.05) is 0 Å². The third kappa shape index (κ3) is 4.93. The zero-order valence-electron chi connectivity index (χ0n) is 15.2. The smallest absolute Gasteiger partial charge is 0.0325 e. The van der Waals surface area contributed by atoms with Crippen molar-refractivity contribution in [1.82, 2.24) is 0 Å². The minimum Gasteiger partial charge on any atom is -0.412 e. The van der Waals surface area contributed by atoms with Gasteiger partial charge in [0.15, 0.2) is 0 Å². The fourth-order valence-electron chi connectivity index (χ4n) is 3.42. The summed E-state index contributed by atoms with van der Waals surface area (Å²) in [5, 5.41) is 0. The number of hydrogen-bond donors (Lipinski definition) is 1. The molecule has 0 aliphatic heterocycles. The third-order valence-corrected chi connectivity index (χ3v) is 5.11. The van der Waals surface area contributed by atoms with Crippen molar-refractivity contribution < 1.29 is 5.48 Å². The highest BCUT2D eigenvalue weighted by atomic mass is 16.0. The van der Waals surface area contributed by atoms with Crippen LogP contribution in [0.25, 0.3) is 0 Å². The van der Waals surface area contributed by atoms with E-state index in [9.17, 15) is 0 Å². The maximum Gasteiger partial charge on any atom is 0.0325 e. The largest absolute Gasteiger partial charge is 0.412 e. The number of benzene rings is 2. The summed E-state index contributed by atoms with van der Waals surface area (Å²) in [7, 11) is 0. The Morgan fingerprint density at radius 2 is 1.25 bits per heavy atom. The van der Waals surface area contributed by atoms with Gasteiger partial charge in [-0.05, 0) is 24.5 Å². The van der Waals surface area contributed by atoms with Crippen LogP contribution in [0.3, 0.4) is 0 Å². The Balaban J connectivity index is 0.00000288. The van der Waals surface area contributed by atoms with Crippen LogP contribution in [0.4, 0.5) is 0 Å². The lowest BCUT2D eigenvalue weighted by atomic mass is 9.69. The molecule has 0 bridgehead atoms. The first-order valence-electron chi connectivity index (χ1n) is 9.06. The van der Waals surface area contributed by atoms with Gasteiger partial charge >= 0.3 is 0 Å². The van der Waals surface area contributed by atoms with Crippen molar-refractivity contribution in [3.05, 3.63) is 71.8 Å². The van der Waals surface area contributed by atoms with Crippen LogP contribution in [0.15, 0.2) is 60.7 Å². The Kier molecular flexibility index (Phi) is 8.73. The summed E-state index contributed by atoms with van der Waals surface area (Å²) < 4.78 is 0. The highest BCUT2D eigenvalue weighted by molar-refractivity contribution is 5.40. The molecule has 2 aromatic carbocycles. The van der Waals surface area contributed by atoms with Crippen LogP contribution < -0.4 is 5.73 Å². The van der Waals surface area contributed by atoms with E-state index >= 15 is 0 Å². The van der Waals surface area contributed by atoms with Gasteiger partial charge in [-0.25, -0.2) is 0 Å². The van der Waals surface area contributed by atoms with E-state index in [0.29, 0.717) is 0 Å². The number of rotatable bonds is 9. The van der Waals surface area contributed by atoms with Crippen molar-refractivity contribution in [3.8, 4) is 0 Å². The second-order valence-corrected chi connectivity index (χ2v) is 6.74. The minimum absolute atomic E-state index is 0. The molecule has 0 saturated carbocycles. The lowest BCUT2D eigenvalue weighted by Crippen LogP contribution is -2.44. The van der Waals surface area contributed by atoms with E-state index in [0.717, 1.165) is 6.42 Å². The number of unbranched alkanes of at least 4 members (excludes halogenated alkanes) is 4. The molecule has 0 amide bonds. The lowest BCUT2D eigenvalue weighted by molar-refractivity contribution is 0.402. The average Bonchev–Trinajstić information content (AvgIpc) is 2.62. The first kappa shape index (κ1) is 20.4. The van der Waals surface area contributed by atoms with Crippen LogP contribution >= 0.6 is 0 Å². The molecule has 132 valence electrons. The van der Waals surface area contributed by atoms with E-state index in [1.165, 1.54) is 43.2 Å². The second kappa shape index (κ2) is 10.3. The van der Waals surface area contributed by atoms with Gasteiger partial charge in [0, 0.05) is 11.5 Å². The van der Waals surface area contributed by atoms with Crippen molar-refractivity contribution >= 4 is 0 Å². The molecule has 0 aromatic heterocycles. The second-order valence-electron chi connectivity index (χ2n) is 6.74. The van der Waals surface area contributed by atoms with E-state index in [4.69, 9.17) is 5.73 Å². The molecule has 2 aromatic rings. The van der Waals surface area contributed by atoms with Gasteiger partial charge in [-0.15, -0.1) is 0 Å². The average molecular weight is 328 g/mol. The molecule has 0 radical (unpaired) electrons. The van der Waals surface area contributed by atoms with Crippen molar-refractivity contribution in [3.63, 3.8) is 0 Å².